The van der Waals surface area contributed by atoms with Gasteiger partial charge in [0.2, 0.25) is 0 Å². The summed E-state index contributed by atoms with van der Waals surface area (Å²) >= 11 is 0. The van der Waals surface area contributed by atoms with E-state index in [0.717, 1.165) is 24.3 Å². The number of alkyl halides is 6. The molecule has 2 rings (SSSR count). The van der Waals surface area contributed by atoms with Gasteiger partial charge in [-0.15, -0.1) is 0 Å². The van der Waals surface area contributed by atoms with Gasteiger partial charge in [-0.3, -0.25) is 0 Å². The van der Waals surface area contributed by atoms with Gasteiger partial charge in [0.25, 0.3) is 11.5 Å². The van der Waals surface area contributed by atoms with E-state index in [9.17, 15) is 26.3 Å². The summed E-state index contributed by atoms with van der Waals surface area (Å²) in [5.41, 5.74) is 11.2. The number of hydrogen-bond donors (Lipinski definition) is 2. The summed E-state index contributed by atoms with van der Waals surface area (Å²) in [5, 5.41) is 0. The fourth-order valence-corrected chi connectivity index (χ4v) is 1.77. The van der Waals surface area contributed by atoms with E-state index >= 15 is 0 Å². The van der Waals surface area contributed by atoms with Crippen molar-refractivity contribution in [1.82, 2.24) is 0 Å². The number of hydrogen-bond acceptors (Lipinski definition) is 4. The minimum atomic E-state index is -5.47. The Hall–Kier alpha value is -3.04. The number of halogens is 6. The molecule has 0 bridgehead atoms. The molecular formula is C16H12F6N2O2. The first kappa shape index (κ1) is 19.3. The van der Waals surface area contributed by atoms with Gasteiger partial charge in [0.15, 0.2) is 0 Å². The second kappa shape index (κ2) is 7.06. The number of nitrogen functional groups attached to an aromatic ring is 2. The molecule has 2 aromatic rings. The predicted molar refractivity (Wildman–Crippen MR) is 82.1 cm³/mol. The highest BCUT2D eigenvalue weighted by Gasteiger charge is 2.50. The average molecular weight is 378 g/mol. The van der Waals surface area contributed by atoms with E-state index in [1.54, 1.807) is 0 Å². The molecule has 0 heterocycles. The molecule has 0 fully saturated rings. The Balaban J connectivity index is 2.51. The highest BCUT2D eigenvalue weighted by molar-refractivity contribution is 5.43. The topological polar surface area (TPSA) is 70.5 Å². The molecule has 0 aromatic heterocycles. The first-order valence-corrected chi connectivity index (χ1v) is 6.92. The van der Waals surface area contributed by atoms with Crippen molar-refractivity contribution in [3.63, 3.8) is 0 Å². The molecule has 0 spiro atoms. The van der Waals surface area contributed by atoms with Gasteiger partial charge < -0.3 is 20.9 Å². The van der Waals surface area contributed by atoms with Gasteiger partial charge in [0.1, 0.15) is 11.5 Å². The molecule has 0 amide bonds. The zero-order valence-electron chi connectivity index (χ0n) is 12.9. The Morgan fingerprint density at radius 2 is 0.846 bits per heavy atom. The third kappa shape index (κ3) is 4.98. The summed E-state index contributed by atoms with van der Waals surface area (Å²) in [6.45, 7) is 0. The second-order valence-corrected chi connectivity index (χ2v) is 5.00. The van der Waals surface area contributed by atoms with Crippen molar-refractivity contribution in [2.75, 3.05) is 11.5 Å². The summed E-state index contributed by atoms with van der Waals surface area (Å²) in [5.74, 6) is -5.67. The highest BCUT2D eigenvalue weighted by atomic mass is 19.4. The molecule has 0 saturated heterocycles. The lowest BCUT2D eigenvalue weighted by molar-refractivity contribution is -0.150. The van der Waals surface area contributed by atoms with E-state index in [-0.39, 0.29) is 11.4 Å². The fourth-order valence-electron chi connectivity index (χ4n) is 1.77. The number of allylic oxidation sites excluding steroid dienone is 2. The first-order valence-electron chi connectivity index (χ1n) is 6.92. The minimum Gasteiger partial charge on any atom is -0.449 e. The lowest BCUT2D eigenvalue weighted by atomic mass is 10.3. The van der Waals surface area contributed by atoms with Crippen molar-refractivity contribution in [3.05, 3.63) is 60.0 Å². The van der Waals surface area contributed by atoms with Gasteiger partial charge in [-0.25, -0.2) is 0 Å². The molecule has 4 nitrogen and oxygen atoms in total. The molecule has 2 aromatic carbocycles. The normalized spacial score (nSPS) is 13.2. The van der Waals surface area contributed by atoms with Crippen LogP contribution in [-0.2, 0) is 0 Å². The van der Waals surface area contributed by atoms with Crippen LogP contribution >= 0.6 is 0 Å². The lowest BCUT2D eigenvalue weighted by Crippen LogP contribution is -2.29. The monoisotopic (exact) mass is 378 g/mol. The number of ether oxygens (including phenoxy) is 2. The second-order valence-electron chi connectivity index (χ2n) is 5.00. The molecule has 0 aliphatic carbocycles. The van der Waals surface area contributed by atoms with Gasteiger partial charge in [0.05, 0.1) is 0 Å². The van der Waals surface area contributed by atoms with Crippen molar-refractivity contribution in [2.24, 2.45) is 0 Å². The Morgan fingerprint density at radius 1 is 0.577 bits per heavy atom. The van der Waals surface area contributed by atoms with Gasteiger partial charge >= 0.3 is 12.4 Å². The standard InChI is InChI=1S/C16H12F6N2O2/c17-15(18,19)13(25-11-5-1-9(23)2-6-11)14(16(20,21)22)26-12-7-3-10(24)4-8-12/h1-8H,23-24H2/b14-13+. The fraction of sp³-hybridized carbons (Fsp3) is 0.125. The van der Waals surface area contributed by atoms with Crippen molar-refractivity contribution in [3.8, 4) is 11.5 Å². The van der Waals surface area contributed by atoms with Crippen LogP contribution in [0.5, 0.6) is 11.5 Å². The van der Waals surface area contributed by atoms with Gasteiger partial charge in [-0.2, -0.15) is 26.3 Å². The summed E-state index contributed by atoms with van der Waals surface area (Å²) < 4.78 is 88.2. The molecule has 4 N–H and O–H groups in total. The lowest BCUT2D eigenvalue weighted by Gasteiger charge is -2.20. The van der Waals surface area contributed by atoms with E-state index in [1.807, 2.05) is 0 Å². The molecule has 10 heteroatoms. The van der Waals surface area contributed by atoms with E-state index in [4.69, 9.17) is 11.5 Å². The third-order valence-corrected chi connectivity index (χ3v) is 2.92. The zero-order chi connectivity index (χ0) is 19.5. The Labute approximate surface area is 143 Å². The van der Waals surface area contributed by atoms with Crippen LogP contribution in [0.3, 0.4) is 0 Å². The SMILES string of the molecule is Nc1ccc(O/C(=C(/Oc2ccc(N)cc2)C(F)(F)F)C(F)(F)F)cc1. The van der Waals surface area contributed by atoms with Gasteiger partial charge in [-0.1, -0.05) is 0 Å². The Kier molecular flexibility index (Phi) is 5.24. The van der Waals surface area contributed by atoms with Gasteiger partial charge in [-0.05, 0) is 48.5 Å². The maximum atomic E-state index is 13.2. The van der Waals surface area contributed by atoms with E-state index in [2.05, 4.69) is 9.47 Å². The van der Waals surface area contributed by atoms with Crippen LogP contribution in [-0.4, -0.2) is 12.4 Å². The predicted octanol–water partition coefficient (Wildman–Crippen LogP) is 4.65. The van der Waals surface area contributed by atoms with E-state index in [1.165, 1.54) is 24.3 Å². The summed E-state index contributed by atoms with van der Waals surface area (Å²) in [6, 6.07) is 8.71. The van der Waals surface area contributed by atoms with Crippen LogP contribution in [0.15, 0.2) is 60.0 Å². The van der Waals surface area contributed by atoms with Crippen LogP contribution in [0, 0.1) is 0 Å². The molecule has 0 saturated carbocycles. The van der Waals surface area contributed by atoms with Crippen molar-refractivity contribution < 1.29 is 35.8 Å². The number of rotatable bonds is 4. The molecule has 140 valence electrons. The van der Waals surface area contributed by atoms with Crippen LogP contribution in [0.4, 0.5) is 37.7 Å². The Bertz CT molecular complexity index is 713. The first-order chi connectivity index (χ1) is 12.0. The Morgan fingerprint density at radius 3 is 1.08 bits per heavy atom. The largest absolute Gasteiger partial charge is 0.453 e. The molecular weight excluding hydrogens is 366 g/mol. The average Bonchev–Trinajstić information content (AvgIpc) is 2.52. The quantitative estimate of drug-likeness (QED) is 0.462. The third-order valence-electron chi connectivity index (χ3n) is 2.92. The number of anilines is 2. The zero-order valence-corrected chi connectivity index (χ0v) is 12.9. The van der Waals surface area contributed by atoms with Crippen LogP contribution in [0.1, 0.15) is 0 Å². The molecule has 0 aliphatic rings. The van der Waals surface area contributed by atoms with Crippen molar-refractivity contribution in [1.29, 1.82) is 0 Å². The van der Waals surface area contributed by atoms with E-state index in [0.29, 0.717) is 0 Å². The maximum absolute atomic E-state index is 13.2. The van der Waals surface area contributed by atoms with Crippen molar-refractivity contribution >= 4 is 11.4 Å². The highest BCUT2D eigenvalue weighted by Crippen LogP contribution is 2.38. The van der Waals surface area contributed by atoms with Crippen LogP contribution < -0.4 is 20.9 Å². The molecule has 0 radical (unpaired) electrons. The molecule has 26 heavy (non-hydrogen) atoms. The van der Waals surface area contributed by atoms with Crippen LogP contribution in [0.25, 0.3) is 0 Å². The summed E-state index contributed by atoms with van der Waals surface area (Å²) in [4.78, 5) is 0. The smallest absolute Gasteiger partial charge is 0.449 e. The number of nitrogens with two attached hydrogens (primary N) is 2. The van der Waals surface area contributed by atoms with E-state index < -0.39 is 35.4 Å². The summed E-state index contributed by atoms with van der Waals surface area (Å²) in [6.07, 6.45) is -10.9. The minimum absolute atomic E-state index is 0.198. The van der Waals surface area contributed by atoms with Gasteiger partial charge in [0, 0.05) is 11.4 Å². The molecule has 0 aliphatic heterocycles. The number of benzene rings is 2. The molecule has 0 unspecified atom stereocenters. The maximum Gasteiger partial charge on any atom is 0.453 e. The summed E-state index contributed by atoms with van der Waals surface area (Å²) in [7, 11) is 0. The van der Waals surface area contributed by atoms with Crippen molar-refractivity contribution in [2.45, 2.75) is 12.4 Å². The molecule has 0 atom stereocenters. The van der Waals surface area contributed by atoms with Crippen LogP contribution in [0.2, 0.25) is 0 Å².